The molecule has 0 saturated carbocycles. The van der Waals surface area contributed by atoms with Gasteiger partial charge in [-0.3, -0.25) is 4.79 Å². The Balaban J connectivity index is 2.26. The number of carboxylic acid groups (broad SMARTS) is 1. The highest BCUT2D eigenvalue weighted by Gasteiger charge is 2.09. The second-order valence-corrected chi connectivity index (χ2v) is 5.07. The van der Waals surface area contributed by atoms with Gasteiger partial charge < -0.3 is 20.2 Å². The summed E-state index contributed by atoms with van der Waals surface area (Å²) < 4.78 is 0. The molecule has 1 aromatic rings. The molecule has 2 N–H and O–H groups in total. The van der Waals surface area contributed by atoms with E-state index in [0.29, 0.717) is 6.54 Å². The van der Waals surface area contributed by atoms with Gasteiger partial charge in [-0.1, -0.05) is 18.2 Å². The lowest BCUT2D eigenvalue weighted by molar-refractivity contribution is -0.137. The van der Waals surface area contributed by atoms with Gasteiger partial charge in [-0.15, -0.1) is 0 Å². The first-order chi connectivity index (χ1) is 10.5. The van der Waals surface area contributed by atoms with Gasteiger partial charge in [0.05, 0.1) is 6.42 Å². The normalized spacial score (nSPS) is 10.1. The number of carbonyl (C=O) groups is 2. The largest absolute Gasteiger partial charge is 0.481 e. The molecule has 122 valence electrons. The van der Waals surface area contributed by atoms with Crippen LogP contribution in [-0.2, 0) is 4.79 Å². The van der Waals surface area contributed by atoms with Crippen molar-refractivity contribution < 1.29 is 14.7 Å². The molecule has 6 heteroatoms. The van der Waals surface area contributed by atoms with Crippen LogP contribution in [-0.4, -0.2) is 55.2 Å². The minimum atomic E-state index is -0.902. The van der Waals surface area contributed by atoms with E-state index in [4.69, 9.17) is 5.11 Å². The molecule has 0 unspecified atom stereocenters. The number of benzene rings is 1. The lowest BCUT2D eigenvalue weighted by Crippen LogP contribution is -2.39. The molecule has 6 nitrogen and oxygen atoms in total. The van der Waals surface area contributed by atoms with Crippen LogP contribution in [0.1, 0.15) is 19.8 Å². The average molecular weight is 307 g/mol. The van der Waals surface area contributed by atoms with Crippen LogP contribution in [0.5, 0.6) is 0 Å². The number of carbonyl (C=O) groups excluding carboxylic acids is 1. The number of rotatable bonds is 9. The van der Waals surface area contributed by atoms with E-state index in [9.17, 15) is 9.59 Å². The molecule has 0 bridgehead atoms. The molecule has 0 aliphatic rings. The van der Waals surface area contributed by atoms with Gasteiger partial charge in [-0.2, -0.15) is 0 Å². The molecule has 0 spiro atoms. The zero-order chi connectivity index (χ0) is 16.4. The summed E-state index contributed by atoms with van der Waals surface area (Å²) in [4.78, 5) is 25.9. The summed E-state index contributed by atoms with van der Waals surface area (Å²) in [5.74, 6) is -0.902. The van der Waals surface area contributed by atoms with Gasteiger partial charge in [0.15, 0.2) is 0 Å². The third-order valence-corrected chi connectivity index (χ3v) is 3.39. The summed E-state index contributed by atoms with van der Waals surface area (Å²) in [6.07, 6.45) is 0.794. The minimum absolute atomic E-state index is 0.0401. The number of amides is 2. The second kappa shape index (κ2) is 9.65. The Morgan fingerprint density at radius 3 is 2.45 bits per heavy atom. The number of para-hydroxylation sites is 1. The fourth-order valence-electron chi connectivity index (χ4n) is 2.07. The maximum Gasteiger partial charge on any atom is 0.317 e. The molecule has 0 saturated heterocycles. The first-order valence-electron chi connectivity index (χ1n) is 7.55. The van der Waals surface area contributed by atoms with Crippen LogP contribution >= 0.6 is 0 Å². The van der Waals surface area contributed by atoms with Crippen molar-refractivity contribution in [1.82, 2.24) is 10.2 Å². The van der Waals surface area contributed by atoms with E-state index in [0.717, 1.165) is 19.5 Å². The molecule has 1 rings (SSSR count). The van der Waals surface area contributed by atoms with E-state index in [1.807, 2.05) is 18.2 Å². The van der Waals surface area contributed by atoms with Crippen LogP contribution in [0.2, 0.25) is 0 Å². The molecule has 0 radical (unpaired) electrons. The van der Waals surface area contributed by atoms with Gasteiger partial charge >= 0.3 is 12.0 Å². The van der Waals surface area contributed by atoms with Crippen LogP contribution in [0.3, 0.4) is 0 Å². The van der Waals surface area contributed by atoms with Crippen LogP contribution in [0.15, 0.2) is 30.3 Å². The van der Waals surface area contributed by atoms with Crippen molar-refractivity contribution in [2.45, 2.75) is 19.8 Å². The number of carboxylic acids is 1. The van der Waals surface area contributed by atoms with E-state index in [1.165, 1.54) is 10.6 Å². The Bertz CT molecular complexity index is 465. The van der Waals surface area contributed by atoms with Gasteiger partial charge in [0.25, 0.3) is 0 Å². The Kier molecular flexibility index (Phi) is 7.81. The number of nitrogens with one attached hydrogen (secondary N) is 1. The number of nitrogens with zero attached hydrogens (tertiary/aromatic N) is 2. The summed E-state index contributed by atoms with van der Waals surface area (Å²) in [7, 11) is 1.60. The Hall–Kier alpha value is -2.24. The molecule has 0 aliphatic heterocycles. The van der Waals surface area contributed by atoms with Gasteiger partial charge in [0, 0.05) is 38.9 Å². The van der Waals surface area contributed by atoms with Crippen LogP contribution < -0.4 is 10.2 Å². The van der Waals surface area contributed by atoms with E-state index in [-0.39, 0.29) is 19.0 Å². The van der Waals surface area contributed by atoms with Crippen LogP contribution in [0, 0.1) is 0 Å². The molecule has 0 heterocycles. The third kappa shape index (κ3) is 6.47. The maximum absolute atomic E-state index is 11.7. The lowest BCUT2D eigenvalue weighted by atomic mass is 10.2. The highest BCUT2D eigenvalue weighted by atomic mass is 16.4. The molecule has 0 aliphatic carbocycles. The van der Waals surface area contributed by atoms with Crippen molar-refractivity contribution in [2.75, 3.05) is 38.1 Å². The van der Waals surface area contributed by atoms with E-state index in [1.54, 1.807) is 7.05 Å². The Labute approximate surface area is 131 Å². The first-order valence-corrected chi connectivity index (χ1v) is 7.55. The predicted octanol–water partition coefficient (Wildman–Crippen LogP) is 2.02. The number of hydrogen-bond acceptors (Lipinski definition) is 3. The summed E-state index contributed by atoms with van der Waals surface area (Å²) in [5.41, 5.74) is 1.18. The van der Waals surface area contributed by atoms with Crippen molar-refractivity contribution in [3.8, 4) is 0 Å². The quantitative estimate of drug-likeness (QED) is 0.685. The molecular weight excluding hydrogens is 282 g/mol. The first kappa shape index (κ1) is 17.8. The topological polar surface area (TPSA) is 72.9 Å². The standard InChI is InChI=1S/C16H25N3O3/c1-3-19(14-8-5-4-6-9-14)12-7-11-17-16(22)18(2)13-10-15(20)21/h4-6,8-9H,3,7,10-13H2,1-2H3,(H,17,22)(H,20,21). The molecule has 1 aromatic carbocycles. The summed E-state index contributed by atoms with van der Waals surface area (Å²) >= 11 is 0. The van der Waals surface area contributed by atoms with E-state index < -0.39 is 5.97 Å². The molecule has 2 amide bonds. The van der Waals surface area contributed by atoms with Crippen molar-refractivity contribution >= 4 is 17.7 Å². The van der Waals surface area contributed by atoms with Crippen molar-refractivity contribution in [1.29, 1.82) is 0 Å². The molecule has 0 fully saturated rings. The van der Waals surface area contributed by atoms with Crippen molar-refractivity contribution in [2.24, 2.45) is 0 Å². The van der Waals surface area contributed by atoms with Crippen molar-refractivity contribution in [3.05, 3.63) is 30.3 Å². The highest BCUT2D eigenvalue weighted by Crippen LogP contribution is 2.12. The fraction of sp³-hybridized carbons (Fsp3) is 0.500. The molecular formula is C16H25N3O3. The Morgan fingerprint density at radius 2 is 1.86 bits per heavy atom. The predicted molar refractivity (Wildman–Crippen MR) is 87.2 cm³/mol. The Morgan fingerprint density at radius 1 is 1.18 bits per heavy atom. The number of urea groups is 1. The second-order valence-electron chi connectivity index (χ2n) is 5.07. The molecule has 0 atom stereocenters. The van der Waals surface area contributed by atoms with E-state index in [2.05, 4.69) is 29.3 Å². The van der Waals surface area contributed by atoms with Crippen LogP contribution in [0.25, 0.3) is 0 Å². The summed E-state index contributed by atoms with van der Waals surface area (Å²) in [6.45, 7) is 4.66. The van der Waals surface area contributed by atoms with Gasteiger partial charge in [-0.25, -0.2) is 4.79 Å². The zero-order valence-electron chi connectivity index (χ0n) is 13.3. The smallest absolute Gasteiger partial charge is 0.317 e. The zero-order valence-corrected chi connectivity index (χ0v) is 13.3. The molecule has 22 heavy (non-hydrogen) atoms. The maximum atomic E-state index is 11.7. The van der Waals surface area contributed by atoms with Gasteiger partial charge in [-0.05, 0) is 25.5 Å². The molecule has 0 aromatic heterocycles. The van der Waals surface area contributed by atoms with Gasteiger partial charge in [0.1, 0.15) is 0 Å². The number of aliphatic carboxylic acids is 1. The number of anilines is 1. The monoisotopic (exact) mass is 307 g/mol. The fourth-order valence-corrected chi connectivity index (χ4v) is 2.07. The highest BCUT2D eigenvalue weighted by molar-refractivity contribution is 5.74. The number of hydrogen-bond donors (Lipinski definition) is 2. The van der Waals surface area contributed by atoms with Crippen LogP contribution in [0.4, 0.5) is 10.5 Å². The summed E-state index contributed by atoms with van der Waals surface area (Å²) in [6, 6.07) is 9.92. The summed E-state index contributed by atoms with van der Waals surface area (Å²) in [5, 5.41) is 11.4. The van der Waals surface area contributed by atoms with Crippen molar-refractivity contribution in [3.63, 3.8) is 0 Å². The SMILES string of the molecule is CCN(CCCNC(=O)N(C)CCC(=O)O)c1ccccc1. The third-order valence-electron chi connectivity index (χ3n) is 3.39. The van der Waals surface area contributed by atoms with Gasteiger partial charge in [0.2, 0.25) is 0 Å². The van der Waals surface area contributed by atoms with E-state index >= 15 is 0 Å². The lowest BCUT2D eigenvalue weighted by Gasteiger charge is -2.23. The minimum Gasteiger partial charge on any atom is -0.481 e. The average Bonchev–Trinajstić information content (AvgIpc) is 2.53.